The van der Waals surface area contributed by atoms with Crippen LogP contribution in [0.5, 0.6) is 0 Å². The third-order valence-electron chi connectivity index (χ3n) is 5.07. The van der Waals surface area contributed by atoms with Crippen molar-refractivity contribution in [1.82, 2.24) is 15.5 Å². The highest BCUT2D eigenvalue weighted by Gasteiger charge is 2.11. The van der Waals surface area contributed by atoms with E-state index in [2.05, 4.69) is 21.6 Å². The Morgan fingerprint density at radius 2 is 1.91 bits per heavy atom. The molecule has 1 unspecified atom stereocenters. The second kappa shape index (κ2) is 14.8. The minimum atomic E-state index is -0.198. The van der Waals surface area contributed by atoms with E-state index >= 15 is 0 Å². The molecule has 6 nitrogen and oxygen atoms in total. The number of aryl methyl sites for hydroxylation is 1. The van der Waals surface area contributed by atoms with Gasteiger partial charge in [-0.2, -0.15) is 5.26 Å². The van der Waals surface area contributed by atoms with Crippen LogP contribution < -0.4 is 10.6 Å². The highest BCUT2D eigenvalue weighted by Crippen LogP contribution is 2.15. The quantitative estimate of drug-likeness (QED) is 0.337. The Morgan fingerprint density at radius 1 is 1.22 bits per heavy atom. The van der Waals surface area contributed by atoms with Gasteiger partial charge in [0.2, 0.25) is 5.91 Å². The van der Waals surface area contributed by atoms with Gasteiger partial charge in [0.05, 0.1) is 18.7 Å². The van der Waals surface area contributed by atoms with E-state index in [1.807, 2.05) is 71.0 Å². The van der Waals surface area contributed by atoms with Crippen LogP contribution in [0.1, 0.15) is 51.3 Å². The van der Waals surface area contributed by atoms with Crippen molar-refractivity contribution in [3.05, 3.63) is 82.9 Å². The molecule has 32 heavy (non-hydrogen) atoms. The van der Waals surface area contributed by atoms with Crippen molar-refractivity contribution in [2.75, 3.05) is 19.7 Å². The Morgan fingerprint density at radius 3 is 2.44 bits per heavy atom. The maximum atomic E-state index is 12.3. The number of rotatable bonds is 12. The molecule has 1 aromatic rings. The number of nitrogens with one attached hydrogen (secondary N) is 2. The molecule has 0 heterocycles. The normalized spacial score (nSPS) is 13.7. The highest BCUT2D eigenvalue weighted by atomic mass is 16.3. The molecule has 0 saturated carbocycles. The average Bonchev–Trinajstić information content (AvgIpc) is 2.81. The molecule has 3 N–H and O–H groups in total. The van der Waals surface area contributed by atoms with Crippen LogP contribution in [0, 0.1) is 18.3 Å². The first-order valence-corrected chi connectivity index (χ1v) is 10.9. The summed E-state index contributed by atoms with van der Waals surface area (Å²) < 4.78 is 0. The predicted molar refractivity (Wildman–Crippen MR) is 130 cm³/mol. The van der Waals surface area contributed by atoms with E-state index < -0.39 is 0 Å². The summed E-state index contributed by atoms with van der Waals surface area (Å²) in [6, 6.07) is 9.92. The number of carbonyl (C=O) groups excluding carboxylic acids is 1. The Bertz CT molecular complexity index is 889. The zero-order valence-electron chi connectivity index (χ0n) is 19.9. The van der Waals surface area contributed by atoms with Crippen molar-refractivity contribution in [2.24, 2.45) is 0 Å². The molecule has 0 aliphatic heterocycles. The summed E-state index contributed by atoms with van der Waals surface area (Å²) >= 11 is 0. The van der Waals surface area contributed by atoms with Crippen molar-refractivity contribution in [3.8, 4) is 6.07 Å². The summed E-state index contributed by atoms with van der Waals surface area (Å²) in [5.74, 6) is -0.105. The van der Waals surface area contributed by atoms with Gasteiger partial charge in [0, 0.05) is 42.7 Å². The Labute approximate surface area is 192 Å². The Balaban J connectivity index is 2.64. The van der Waals surface area contributed by atoms with E-state index in [0.29, 0.717) is 18.5 Å². The molecule has 0 bridgehead atoms. The molecule has 0 aromatic heterocycles. The van der Waals surface area contributed by atoms with Gasteiger partial charge in [0.25, 0.3) is 0 Å². The van der Waals surface area contributed by atoms with Crippen molar-refractivity contribution < 1.29 is 9.90 Å². The van der Waals surface area contributed by atoms with Gasteiger partial charge in [-0.15, -0.1) is 0 Å². The molecular weight excluding hydrogens is 400 g/mol. The fraction of sp³-hybridized carbons (Fsp3) is 0.385. The van der Waals surface area contributed by atoms with Gasteiger partial charge in [0.15, 0.2) is 0 Å². The number of allylic oxidation sites excluding steroid dienone is 6. The summed E-state index contributed by atoms with van der Waals surface area (Å²) in [6.45, 7) is 10.9. The molecule has 0 radical (unpaired) electrons. The standard InChI is InChI=1S/C26H36N4O2/c1-6-22(17-27)11-14-24(7-2)30(8-3)21(5)18-29-26(32)15-16-28-25(19-31)23-12-9-20(4)10-13-23/h6-7,9-14,18,25,28,31H,8,15-16,19H2,1-5H3,(H,29,32)/b14-11-,21-18+,22-6+,24-7-. The zero-order valence-corrected chi connectivity index (χ0v) is 19.9. The lowest BCUT2D eigenvalue weighted by atomic mass is 10.1. The van der Waals surface area contributed by atoms with Crippen molar-refractivity contribution in [1.29, 1.82) is 5.26 Å². The van der Waals surface area contributed by atoms with Gasteiger partial charge in [-0.05, 0) is 52.3 Å². The lowest BCUT2D eigenvalue weighted by Gasteiger charge is -2.25. The number of aliphatic hydroxyl groups is 1. The molecule has 6 heteroatoms. The van der Waals surface area contributed by atoms with Gasteiger partial charge in [-0.1, -0.05) is 42.0 Å². The largest absolute Gasteiger partial charge is 0.394 e. The van der Waals surface area contributed by atoms with Crippen LogP contribution in [0.25, 0.3) is 0 Å². The molecule has 172 valence electrons. The zero-order chi connectivity index (χ0) is 23.9. The van der Waals surface area contributed by atoms with Crippen LogP contribution in [0.4, 0.5) is 0 Å². The molecule has 0 spiro atoms. The summed E-state index contributed by atoms with van der Waals surface area (Å²) in [4.78, 5) is 14.3. The summed E-state index contributed by atoms with van der Waals surface area (Å²) in [6.07, 6.45) is 9.40. The number of carbonyl (C=O) groups is 1. The molecular formula is C26H36N4O2. The number of benzene rings is 1. The summed E-state index contributed by atoms with van der Waals surface area (Å²) in [5.41, 5.74) is 4.58. The summed E-state index contributed by atoms with van der Waals surface area (Å²) in [7, 11) is 0. The van der Waals surface area contributed by atoms with Gasteiger partial charge < -0.3 is 20.6 Å². The maximum absolute atomic E-state index is 12.3. The van der Waals surface area contributed by atoms with Gasteiger partial charge in [0.1, 0.15) is 0 Å². The Hall–Kier alpha value is -3.14. The van der Waals surface area contributed by atoms with Gasteiger partial charge in [-0.25, -0.2) is 0 Å². The number of nitrogens with zero attached hydrogens (tertiary/aromatic N) is 2. The SMILES string of the molecule is C/C=C(/C=C\C(C#N)=C/C)N(CC)/C(C)=C/NC(=O)CCNC(CO)c1ccc(C)cc1. The van der Waals surface area contributed by atoms with E-state index in [9.17, 15) is 9.90 Å². The molecule has 0 aliphatic rings. The van der Waals surface area contributed by atoms with E-state index in [-0.39, 0.29) is 18.6 Å². The molecule has 1 aromatic carbocycles. The number of hydrogen-bond donors (Lipinski definition) is 3. The molecule has 0 saturated heterocycles. The molecule has 0 aliphatic carbocycles. The van der Waals surface area contributed by atoms with Crippen molar-refractivity contribution in [2.45, 2.75) is 47.1 Å². The first kappa shape index (κ1) is 26.9. The number of aliphatic hydroxyl groups excluding tert-OH is 1. The second-order valence-corrected chi connectivity index (χ2v) is 7.35. The lowest BCUT2D eigenvalue weighted by molar-refractivity contribution is -0.120. The molecule has 1 rings (SSSR count). The minimum absolute atomic E-state index is 0.0322. The third-order valence-corrected chi connectivity index (χ3v) is 5.07. The number of nitriles is 1. The fourth-order valence-corrected chi connectivity index (χ4v) is 3.13. The van der Waals surface area contributed by atoms with Crippen LogP contribution in [0.15, 0.2) is 71.7 Å². The number of hydrogen-bond acceptors (Lipinski definition) is 5. The first-order chi connectivity index (χ1) is 15.4. The highest BCUT2D eigenvalue weighted by molar-refractivity contribution is 5.77. The third kappa shape index (κ3) is 8.93. The first-order valence-electron chi connectivity index (χ1n) is 10.9. The van der Waals surface area contributed by atoms with Crippen molar-refractivity contribution >= 4 is 5.91 Å². The van der Waals surface area contributed by atoms with Crippen LogP contribution in [-0.2, 0) is 4.79 Å². The maximum Gasteiger partial charge on any atom is 0.225 e. The number of amides is 1. The van der Waals surface area contributed by atoms with Gasteiger partial charge >= 0.3 is 0 Å². The van der Waals surface area contributed by atoms with E-state index in [0.717, 1.165) is 29.1 Å². The fourth-order valence-electron chi connectivity index (χ4n) is 3.13. The molecule has 0 fully saturated rings. The van der Waals surface area contributed by atoms with Crippen molar-refractivity contribution in [3.63, 3.8) is 0 Å². The molecule has 1 amide bonds. The smallest absolute Gasteiger partial charge is 0.225 e. The van der Waals surface area contributed by atoms with Crippen LogP contribution >= 0.6 is 0 Å². The average molecular weight is 437 g/mol. The van der Waals surface area contributed by atoms with Crippen LogP contribution in [0.3, 0.4) is 0 Å². The number of likely N-dealkylation sites (N-methyl/N-ethyl adjacent to an activating group) is 1. The topological polar surface area (TPSA) is 88.4 Å². The Kier molecular flexibility index (Phi) is 12.4. The monoisotopic (exact) mass is 436 g/mol. The second-order valence-electron chi connectivity index (χ2n) is 7.35. The van der Waals surface area contributed by atoms with E-state index in [4.69, 9.17) is 5.26 Å². The lowest BCUT2D eigenvalue weighted by Crippen LogP contribution is -2.30. The summed E-state index contributed by atoms with van der Waals surface area (Å²) in [5, 5.41) is 24.8. The van der Waals surface area contributed by atoms with E-state index in [1.54, 1.807) is 18.4 Å². The predicted octanol–water partition coefficient (Wildman–Crippen LogP) is 4.24. The minimum Gasteiger partial charge on any atom is -0.394 e. The molecule has 1 atom stereocenters. The van der Waals surface area contributed by atoms with Gasteiger partial charge in [-0.3, -0.25) is 4.79 Å². The van der Waals surface area contributed by atoms with Crippen LogP contribution in [-0.4, -0.2) is 35.6 Å². The van der Waals surface area contributed by atoms with E-state index in [1.165, 1.54) is 0 Å². The van der Waals surface area contributed by atoms with Crippen LogP contribution in [0.2, 0.25) is 0 Å².